The molecule has 0 radical (unpaired) electrons. The molecule has 194 valence electrons. The molecular weight excluding hydrogens is 396 g/mol. The molecule has 1 aliphatic rings. The van der Waals surface area contributed by atoms with Crippen LogP contribution in [0.3, 0.4) is 0 Å². The van der Waals surface area contributed by atoms with Crippen molar-refractivity contribution in [3.8, 4) is 0 Å². The minimum absolute atomic E-state index is 0.722. The third-order valence-corrected chi connectivity index (χ3v) is 8.26. The van der Waals surface area contributed by atoms with Crippen LogP contribution in [0.4, 0.5) is 0 Å². The van der Waals surface area contributed by atoms with Gasteiger partial charge in [0.15, 0.2) is 0 Å². The maximum Gasteiger partial charge on any atom is -0.00124 e. The Balaban J connectivity index is 2.58. The van der Waals surface area contributed by atoms with E-state index in [-0.39, 0.29) is 0 Å². The van der Waals surface area contributed by atoms with Gasteiger partial charge in [-0.25, -0.2) is 0 Å². The molecule has 0 heterocycles. The summed E-state index contributed by atoms with van der Waals surface area (Å²) >= 11 is 0. The van der Waals surface area contributed by atoms with Crippen molar-refractivity contribution in [2.45, 2.75) is 182 Å². The van der Waals surface area contributed by atoms with Crippen LogP contribution in [-0.4, -0.2) is 0 Å². The highest BCUT2D eigenvalue weighted by molar-refractivity contribution is 5.48. The minimum Gasteiger partial charge on any atom is -0.0654 e. The molecule has 0 spiro atoms. The van der Waals surface area contributed by atoms with Crippen LogP contribution in [0.5, 0.6) is 0 Å². The molecule has 0 nitrogen and oxygen atoms in total. The quantitative estimate of drug-likeness (QED) is 0.133. The normalized spacial score (nSPS) is 16.5. The van der Waals surface area contributed by atoms with Crippen molar-refractivity contribution < 1.29 is 0 Å². The first-order valence-corrected chi connectivity index (χ1v) is 15.6. The standard InChI is InChI=1S/C33H62/c1-6-9-12-15-18-19-22-24-27-32-30(5)29(4)31(26-23-20-16-13-10-7-2)33(32)28-25-21-17-14-11-8-3/h30H,6-28H2,1-5H3. The highest BCUT2D eigenvalue weighted by Gasteiger charge is 2.27. The molecule has 0 amide bonds. The lowest BCUT2D eigenvalue weighted by Gasteiger charge is -2.15. The van der Waals surface area contributed by atoms with Gasteiger partial charge in [0.25, 0.3) is 0 Å². The maximum absolute atomic E-state index is 2.52. The van der Waals surface area contributed by atoms with E-state index in [1.807, 2.05) is 11.1 Å². The molecule has 1 rings (SSSR count). The molecule has 1 atom stereocenters. The van der Waals surface area contributed by atoms with Crippen molar-refractivity contribution in [3.63, 3.8) is 0 Å². The molecule has 0 saturated carbocycles. The molecule has 0 aromatic carbocycles. The van der Waals surface area contributed by atoms with Crippen LogP contribution in [0, 0.1) is 5.92 Å². The minimum atomic E-state index is 0.722. The highest BCUT2D eigenvalue weighted by Crippen LogP contribution is 2.44. The maximum atomic E-state index is 2.52. The molecular formula is C33H62. The summed E-state index contributed by atoms with van der Waals surface area (Å²) < 4.78 is 0. The predicted octanol–water partition coefficient (Wildman–Crippen LogP) is 12.3. The number of unbranched alkanes of at least 4 members (excludes halogenated alkanes) is 17. The van der Waals surface area contributed by atoms with Crippen molar-refractivity contribution in [2.24, 2.45) is 5.92 Å². The molecule has 0 aromatic rings. The van der Waals surface area contributed by atoms with Crippen molar-refractivity contribution in [1.29, 1.82) is 0 Å². The van der Waals surface area contributed by atoms with Crippen LogP contribution in [0.1, 0.15) is 182 Å². The molecule has 33 heavy (non-hydrogen) atoms. The first-order chi connectivity index (χ1) is 16.2. The van der Waals surface area contributed by atoms with Crippen LogP contribution in [0.2, 0.25) is 0 Å². The Kier molecular flexibility index (Phi) is 19.2. The Hall–Kier alpha value is -0.520. The van der Waals surface area contributed by atoms with Crippen molar-refractivity contribution in [1.82, 2.24) is 0 Å². The Morgan fingerprint density at radius 3 is 1.18 bits per heavy atom. The number of hydrogen-bond donors (Lipinski definition) is 0. The van der Waals surface area contributed by atoms with E-state index in [2.05, 4.69) is 34.6 Å². The summed E-state index contributed by atoms with van der Waals surface area (Å²) in [4.78, 5) is 0. The monoisotopic (exact) mass is 458 g/mol. The Labute approximate surface area is 210 Å². The van der Waals surface area contributed by atoms with E-state index in [0.29, 0.717) is 0 Å². The van der Waals surface area contributed by atoms with Crippen molar-refractivity contribution in [3.05, 3.63) is 22.3 Å². The van der Waals surface area contributed by atoms with Gasteiger partial charge in [-0.05, 0) is 62.5 Å². The zero-order chi connectivity index (χ0) is 24.2. The fourth-order valence-corrected chi connectivity index (χ4v) is 5.86. The molecule has 0 aromatic heterocycles. The average Bonchev–Trinajstić information content (AvgIpc) is 3.04. The van der Waals surface area contributed by atoms with Gasteiger partial charge in [-0.15, -0.1) is 0 Å². The Bertz CT molecular complexity index is 520. The van der Waals surface area contributed by atoms with E-state index in [0.717, 1.165) is 5.92 Å². The van der Waals surface area contributed by atoms with Crippen LogP contribution in [-0.2, 0) is 0 Å². The topological polar surface area (TPSA) is 0 Å². The van der Waals surface area contributed by atoms with Crippen molar-refractivity contribution in [2.75, 3.05) is 0 Å². The number of hydrogen-bond acceptors (Lipinski definition) is 0. The van der Waals surface area contributed by atoms with E-state index < -0.39 is 0 Å². The molecule has 0 heteroatoms. The summed E-state index contributed by atoms with van der Waals surface area (Å²) in [6.07, 6.45) is 32.6. The first kappa shape index (κ1) is 30.5. The van der Waals surface area contributed by atoms with E-state index in [1.54, 1.807) is 11.1 Å². The molecule has 0 saturated heterocycles. The average molecular weight is 459 g/mol. The summed E-state index contributed by atoms with van der Waals surface area (Å²) in [6, 6.07) is 0. The van der Waals surface area contributed by atoms with Gasteiger partial charge in [0.2, 0.25) is 0 Å². The predicted molar refractivity (Wildman–Crippen MR) is 152 cm³/mol. The third-order valence-electron chi connectivity index (χ3n) is 8.26. The molecule has 0 fully saturated rings. The van der Waals surface area contributed by atoms with Gasteiger partial charge in [0, 0.05) is 0 Å². The van der Waals surface area contributed by atoms with Crippen LogP contribution < -0.4 is 0 Å². The first-order valence-electron chi connectivity index (χ1n) is 15.6. The zero-order valence-electron chi connectivity index (χ0n) is 23.8. The van der Waals surface area contributed by atoms with E-state index in [1.165, 1.54) is 148 Å². The third kappa shape index (κ3) is 13.2. The van der Waals surface area contributed by atoms with Gasteiger partial charge in [-0.1, -0.05) is 148 Å². The molecule has 0 bridgehead atoms. The fourth-order valence-electron chi connectivity index (χ4n) is 5.86. The summed E-state index contributed by atoms with van der Waals surface area (Å²) in [6.45, 7) is 12.0. The molecule has 1 aliphatic carbocycles. The van der Waals surface area contributed by atoms with Gasteiger partial charge in [-0.3, -0.25) is 0 Å². The van der Waals surface area contributed by atoms with E-state index >= 15 is 0 Å². The number of allylic oxidation sites excluding steroid dienone is 4. The Morgan fingerprint density at radius 2 is 0.758 bits per heavy atom. The van der Waals surface area contributed by atoms with Crippen LogP contribution in [0.25, 0.3) is 0 Å². The second kappa shape index (κ2) is 20.8. The summed E-state index contributed by atoms with van der Waals surface area (Å²) in [5.41, 5.74) is 7.24. The molecule has 0 N–H and O–H groups in total. The lowest BCUT2D eigenvalue weighted by molar-refractivity contribution is 0.567. The molecule has 0 aliphatic heterocycles. The van der Waals surface area contributed by atoms with Gasteiger partial charge in [-0.2, -0.15) is 0 Å². The van der Waals surface area contributed by atoms with Gasteiger partial charge in [0.05, 0.1) is 0 Å². The summed E-state index contributed by atoms with van der Waals surface area (Å²) in [5.74, 6) is 0.722. The van der Waals surface area contributed by atoms with E-state index in [4.69, 9.17) is 0 Å². The highest BCUT2D eigenvalue weighted by atomic mass is 14.3. The second-order valence-electron chi connectivity index (χ2n) is 11.1. The van der Waals surface area contributed by atoms with Gasteiger partial charge in [0.1, 0.15) is 0 Å². The Morgan fingerprint density at radius 1 is 0.424 bits per heavy atom. The van der Waals surface area contributed by atoms with Crippen LogP contribution >= 0.6 is 0 Å². The zero-order valence-corrected chi connectivity index (χ0v) is 23.8. The lowest BCUT2D eigenvalue weighted by Crippen LogP contribution is -1.98. The largest absolute Gasteiger partial charge is 0.0654 e. The van der Waals surface area contributed by atoms with Crippen molar-refractivity contribution >= 4 is 0 Å². The second-order valence-corrected chi connectivity index (χ2v) is 11.1. The van der Waals surface area contributed by atoms with Gasteiger partial charge >= 0.3 is 0 Å². The molecule has 1 unspecified atom stereocenters. The summed E-state index contributed by atoms with van der Waals surface area (Å²) in [5, 5.41) is 0. The SMILES string of the molecule is CCCCCCCCCCC1=C(CCCCCCCC)C(CCCCCCCC)=C(C)C1C. The smallest absolute Gasteiger partial charge is 0.00124 e. The van der Waals surface area contributed by atoms with Gasteiger partial charge < -0.3 is 0 Å². The summed E-state index contributed by atoms with van der Waals surface area (Å²) in [7, 11) is 0. The van der Waals surface area contributed by atoms with E-state index in [9.17, 15) is 0 Å². The lowest BCUT2D eigenvalue weighted by atomic mass is 9.91. The van der Waals surface area contributed by atoms with Crippen LogP contribution in [0.15, 0.2) is 22.3 Å². The fraction of sp³-hybridized carbons (Fsp3) is 0.879. The number of rotatable bonds is 23.